The lowest BCUT2D eigenvalue weighted by Crippen LogP contribution is -1.85. The average molecular weight is 129 g/mol. The van der Waals surface area contributed by atoms with Gasteiger partial charge in [0.25, 0.3) is 0 Å². The first kappa shape index (κ1) is 6.82. The first-order chi connectivity index (χ1) is 3.18. The molecule has 0 amide bonds. The van der Waals surface area contributed by atoms with Gasteiger partial charge in [0.05, 0.1) is 0 Å². The van der Waals surface area contributed by atoms with Crippen LogP contribution in [0.1, 0.15) is 0 Å². The molecule has 1 radical (unpaired) electrons. The van der Waals surface area contributed by atoms with E-state index in [1.165, 1.54) is 0 Å². The van der Waals surface area contributed by atoms with Crippen molar-refractivity contribution in [1.29, 1.82) is 0 Å². The standard InChI is InChI=1S/C3HClF3/c4-3(7)2(6)1-5/h3H. The van der Waals surface area contributed by atoms with Gasteiger partial charge in [-0.1, -0.05) is 11.6 Å². The number of alkyl halides is 2. The van der Waals surface area contributed by atoms with E-state index < -0.39 is 11.5 Å². The molecular weight excluding hydrogens is 128 g/mol. The van der Waals surface area contributed by atoms with E-state index in [0.717, 1.165) is 0 Å². The molecule has 0 rings (SSSR count). The highest BCUT2D eigenvalue weighted by Crippen LogP contribution is 2.10. The van der Waals surface area contributed by atoms with Crippen LogP contribution in [0.5, 0.6) is 0 Å². The second kappa shape index (κ2) is 2.91. The average Bonchev–Trinajstić information content (AvgIpc) is 1.65. The lowest BCUT2D eigenvalue weighted by atomic mass is 10.7. The fourth-order valence-electron chi connectivity index (χ4n) is 0.0412. The van der Waals surface area contributed by atoms with Gasteiger partial charge in [0, 0.05) is 0 Å². The van der Waals surface area contributed by atoms with Crippen molar-refractivity contribution in [3.05, 3.63) is 12.2 Å². The second-order valence-electron chi connectivity index (χ2n) is 0.743. The Morgan fingerprint density at radius 3 is 2.14 bits per heavy atom. The molecule has 0 aliphatic rings. The van der Waals surface area contributed by atoms with Gasteiger partial charge in [0.1, 0.15) is 0 Å². The molecule has 1 atom stereocenters. The Bertz CT molecular complexity index is 78.2. The molecule has 0 N–H and O–H groups in total. The van der Waals surface area contributed by atoms with Gasteiger partial charge in [-0.3, -0.25) is 0 Å². The summed E-state index contributed by atoms with van der Waals surface area (Å²) in [5, 5.41) is 0. The zero-order valence-corrected chi connectivity index (χ0v) is 3.85. The van der Waals surface area contributed by atoms with Crippen LogP contribution < -0.4 is 0 Å². The molecule has 0 aromatic carbocycles. The summed E-state index contributed by atoms with van der Waals surface area (Å²) in [6, 6.07) is 0. The predicted octanol–water partition coefficient (Wildman–Crippen LogP) is 2.10. The topological polar surface area (TPSA) is 0 Å². The summed E-state index contributed by atoms with van der Waals surface area (Å²) in [5.41, 5.74) is -2.40. The predicted molar refractivity (Wildman–Crippen MR) is 19.7 cm³/mol. The molecule has 0 fully saturated rings. The minimum Gasteiger partial charge on any atom is -0.222 e. The summed E-state index contributed by atoms with van der Waals surface area (Å²) in [5.74, 6) is -1.72. The Morgan fingerprint density at radius 1 is 1.71 bits per heavy atom. The smallest absolute Gasteiger partial charge is 0.222 e. The fourth-order valence-corrected chi connectivity index (χ4v) is 0.0825. The molecule has 0 heterocycles. The quantitative estimate of drug-likeness (QED) is 0.476. The summed E-state index contributed by atoms with van der Waals surface area (Å²) in [6.07, 6.45) is 0.407. The zero-order valence-electron chi connectivity index (χ0n) is 3.09. The van der Waals surface area contributed by atoms with Crippen LogP contribution in [0, 0.1) is 6.33 Å². The first-order valence-electron chi connectivity index (χ1n) is 1.35. The molecule has 0 spiro atoms. The van der Waals surface area contributed by atoms with E-state index in [0.29, 0.717) is 6.33 Å². The van der Waals surface area contributed by atoms with E-state index in [9.17, 15) is 13.2 Å². The molecule has 41 valence electrons. The van der Waals surface area contributed by atoms with Crippen LogP contribution in [0.25, 0.3) is 0 Å². The largest absolute Gasteiger partial charge is 0.227 e. The van der Waals surface area contributed by atoms with Crippen molar-refractivity contribution < 1.29 is 13.2 Å². The van der Waals surface area contributed by atoms with Gasteiger partial charge in [0.15, 0.2) is 12.2 Å². The highest BCUT2D eigenvalue weighted by atomic mass is 35.5. The number of hydrogen-bond donors (Lipinski definition) is 0. The summed E-state index contributed by atoms with van der Waals surface area (Å²) in [4.78, 5) is 0. The van der Waals surface area contributed by atoms with Crippen LogP contribution in [-0.4, -0.2) is 5.63 Å². The van der Waals surface area contributed by atoms with Crippen LogP contribution in [-0.2, 0) is 0 Å². The first-order valence-corrected chi connectivity index (χ1v) is 1.79. The molecule has 1 unspecified atom stereocenters. The lowest BCUT2D eigenvalue weighted by Gasteiger charge is -1.86. The Balaban J connectivity index is 3.56. The monoisotopic (exact) mass is 129 g/mol. The minimum atomic E-state index is -2.40. The zero-order chi connectivity index (χ0) is 5.86. The third-order valence-electron chi connectivity index (χ3n) is 0.282. The van der Waals surface area contributed by atoms with Gasteiger partial charge in [-0.2, -0.15) is 0 Å². The highest BCUT2D eigenvalue weighted by molar-refractivity contribution is 6.21. The molecule has 0 aliphatic carbocycles. The number of halogens is 4. The second-order valence-corrected chi connectivity index (χ2v) is 1.13. The Morgan fingerprint density at radius 2 is 2.14 bits per heavy atom. The van der Waals surface area contributed by atoms with Crippen molar-refractivity contribution in [3.8, 4) is 0 Å². The van der Waals surface area contributed by atoms with Crippen molar-refractivity contribution in [1.82, 2.24) is 0 Å². The van der Waals surface area contributed by atoms with Crippen LogP contribution >= 0.6 is 11.6 Å². The molecule has 7 heavy (non-hydrogen) atoms. The molecule has 4 heteroatoms. The highest BCUT2D eigenvalue weighted by Gasteiger charge is 2.06. The van der Waals surface area contributed by atoms with Crippen molar-refractivity contribution in [2.24, 2.45) is 0 Å². The lowest BCUT2D eigenvalue weighted by molar-refractivity contribution is 0.399. The molecule has 0 saturated carbocycles. The van der Waals surface area contributed by atoms with Crippen molar-refractivity contribution in [2.45, 2.75) is 5.63 Å². The fraction of sp³-hybridized carbons (Fsp3) is 0.333. The van der Waals surface area contributed by atoms with E-state index in [-0.39, 0.29) is 0 Å². The minimum absolute atomic E-state index is 0.407. The maximum Gasteiger partial charge on any atom is 0.227 e. The van der Waals surface area contributed by atoms with E-state index in [1.54, 1.807) is 0 Å². The van der Waals surface area contributed by atoms with Crippen LogP contribution in [0.4, 0.5) is 13.2 Å². The maximum absolute atomic E-state index is 11.2. The van der Waals surface area contributed by atoms with Gasteiger partial charge in [0.2, 0.25) is 5.63 Å². The van der Waals surface area contributed by atoms with Crippen molar-refractivity contribution >= 4 is 11.6 Å². The maximum atomic E-state index is 11.2. The number of hydrogen-bond acceptors (Lipinski definition) is 0. The SMILES string of the molecule is F/[C]=C(\F)C(F)Cl. The Hall–Kier alpha value is -0.180. The molecular formula is C3HClF3. The summed E-state index contributed by atoms with van der Waals surface area (Å²) >= 11 is 4.35. The molecule has 0 bridgehead atoms. The van der Waals surface area contributed by atoms with Gasteiger partial charge in [-0.15, -0.1) is 0 Å². The number of allylic oxidation sites excluding steroid dienone is 1. The summed E-state index contributed by atoms with van der Waals surface area (Å²) < 4.78 is 33.0. The molecule has 0 aromatic rings. The van der Waals surface area contributed by atoms with Crippen LogP contribution in [0.2, 0.25) is 0 Å². The third-order valence-corrected chi connectivity index (χ3v) is 0.473. The van der Waals surface area contributed by atoms with E-state index in [2.05, 4.69) is 11.6 Å². The van der Waals surface area contributed by atoms with Gasteiger partial charge < -0.3 is 0 Å². The Kier molecular flexibility index (Phi) is 2.83. The number of rotatable bonds is 1. The van der Waals surface area contributed by atoms with E-state index >= 15 is 0 Å². The Labute approximate surface area is 43.6 Å². The van der Waals surface area contributed by atoms with Crippen molar-refractivity contribution in [2.75, 3.05) is 0 Å². The molecule has 0 nitrogen and oxygen atoms in total. The molecule has 0 saturated heterocycles. The van der Waals surface area contributed by atoms with Gasteiger partial charge in [-0.05, 0) is 0 Å². The van der Waals surface area contributed by atoms with E-state index in [1.807, 2.05) is 0 Å². The molecule has 0 aliphatic heterocycles. The van der Waals surface area contributed by atoms with Gasteiger partial charge in [-0.25, -0.2) is 13.2 Å². The molecule has 0 aromatic heterocycles. The normalized spacial score (nSPS) is 16.9. The van der Waals surface area contributed by atoms with Crippen LogP contribution in [0.3, 0.4) is 0 Å². The van der Waals surface area contributed by atoms with Gasteiger partial charge >= 0.3 is 0 Å². The van der Waals surface area contributed by atoms with E-state index in [4.69, 9.17) is 0 Å². The third kappa shape index (κ3) is 2.51. The summed E-state index contributed by atoms with van der Waals surface area (Å²) in [6.45, 7) is 0. The van der Waals surface area contributed by atoms with Crippen molar-refractivity contribution in [3.63, 3.8) is 0 Å². The van der Waals surface area contributed by atoms with Crippen LogP contribution in [0.15, 0.2) is 5.83 Å². The summed E-state index contributed by atoms with van der Waals surface area (Å²) in [7, 11) is 0.